The van der Waals surface area contributed by atoms with Gasteiger partial charge in [0.15, 0.2) is 0 Å². The molecule has 1 saturated carbocycles. The largest absolute Gasteiger partial charge is 0.463 e. The van der Waals surface area contributed by atoms with E-state index in [1.165, 1.54) is 24.8 Å². The van der Waals surface area contributed by atoms with Crippen molar-refractivity contribution in [2.45, 2.75) is 59.8 Å². The molecule has 1 aliphatic carbocycles. The molecule has 1 rings (SSSR count). The lowest BCUT2D eigenvalue weighted by Gasteiger charge is -2.21. The molecule has 0 saturated heterocycles. The van der Waals surface area contributed by atoms with E-state index in [4.69, 9.17) is 4.74 Å². The third-order valence-electron chi connectivity index (χ3n) is 3.55. The van der Waals surface area contributed by atoms with Gasteiger partial charge in [-0.2, -0.15) is 0 Å². The van der Waals surface area contributed by atoms with Crippen LogP contribution >= 0.6 is 0 Å². The molecule has 0 N–H and O–H groups in total. The Morgan fingerprint density at radius 2 is 2.00 bits per heavy atom. The fourth-order valence-corrected chi connectivity index (χ4v) is 2.28. The van der Waals surface area contributed by atoms with E-state index in [1.54, 1.807) is 0 Å². The molecule has 0 radical (unpaired) electrons. The van der Waals surface area contributed by atoms with Gasteiger partial charge >= 0.3 is 5.97 Å². The SMILES string of the molecule is CCOC(=O)C(C)=C1CCCC(C)(C)CC1. The Labute approximate surface area is 99.1 Å². The van der Waals surface area contributed by atoms with Crippen molar-refractivity contribution < 1.29 is 9.53 Å². The first-order valence-corrected chi connectivity index (χ1v) is 6.32. The van der Waals surface area contributed by atoms with Crippen LogP contribution in [0.3, 0.4) is 0 Å². The fraction of sp³-hybridized carbons (Fsp3) is 0.786. The zero-order valence-corrected chi connectivity index (χ0v) is 11.1. The minimum atomic E-state index is -0.128. The van der Waals surface area contributed by atoms with Crippen molar-refractivity contribution in [3.05, 3.63) is 11.1 Å². The fourth-order valence-electron chi connectivity index (χ4n) is 2.28. The second-order valence-electron chi connectivity index (χ2n) is 5.47. The summed E-state index contributed by atoms with van der Waals surface area (Å²) in [7, 11) is 0. The molecule has 0 amide bonds. The van der Waals surface area contributed by atoms with Crippen molar-refractivity contribution in [3.8, 4) is 0 Å². The Hall–Kier alpha value is -0.790. The summed E-state index contributed by atoms with van der Waals surface area (Å²) in [5, 5.41) is 0. The summed E-state index contributed by atoms with van der Waals surface area (Å²) in [5.74, 6) is -0.128. The molecule has 0 aromatic carbocycles. The second kappa shape index (κ2) is 5.51. The number of carbonyl (C=O) groups excluding carboxylic acids is 1. The van der Waals surface area contributed by atoms with Crippen molar-refractivity contribution in [1.82, 2.24) is 0 Å². The highest BCUT2D eigenvalue weighted by Crippen LogP contribution is 2.36. The molecule has 16 heavy (non-hydrogen) atoms. The summed E-state index contributed by atoms with van der Waals surface area (Å²) in [6.45, 7) is 8.86. The third kappa shape index (κ3) is 3.66. The molecule has 1 fully saturated rings. The number of carbonyl (C=O) groups is 1. The van der Waals surface area contributed by atoms with Gasteiger partial charge in [0.25, 0.3) is 0 Å². The van der Waals surface area contributed by atoms with Crippen molar-refractivity contribution >= 4 is 5.97 Å². The topological polar surface area (TPSA) is 26.3 Å². The van der Waals surface area contributed by atoms with Gasteiger partial charge in [-0.3, -0.25) is 0 Å². The molecule has 0 unspecified atom stereocenters. The van der Waals surface area contributed by atoms with Gasteiger partial charge in [-0.25, -0.2) is 4.79 Å². The molecular weight excluding hydrogens is 200 g/mol. The summed E-state index contributed by atoms with van der Waals surface area (Å²) >= 11 is 0. The highest BCUT2D eigenvalue weighted by molar-refractivity contribution is 5.88. The Kier molecular flexibility index (Phi) is 4.57. The van der Waals surface area contributed by atoms with Crippen molar-refractivity contribution in [3.63, 3.8) is 0 Å². The highest BCUT2D eigenvalue weighted by atomic mass is 16.5. The molecule has 92 valence electrons. The number of ether oxygens (including phenoxy) is 1. The molecular formula is C14H24O2. The Morgan fingerprint density at radius 3 is 2.62 bits per heavy atom. The van der Waals surface area contributed by atoms with Gasteiger partial charge in [0.2, 0.25) is 0 Å². The lowest BCUT2D eigenvalue weighted by atomic mass is 9.85. The van der Waals surface area contributed by atoms with E-state index in [1.807, 2.05) is 13.8 Å². The van der Waals surface area contributed by atoms with E-state index in [0.29, 0.717) is 12.0 Å². The van der Waals surface area contributed by atoms with Crippen LogP contribution < -0.4 is 0 Å². The Bertz CT molecular complexity index is 287. The first-order chi connectivity index (χ1) is 7.46. The Morgan fingerprint density at radius 1 is 1.31 bits per heavy atom. The van der Waals surface area contributed by atoms with Crippen LogP contribution in [-0.4, -0.2) is 12.6 Å². The normalized spacial score (nSPS) is 23.5. The van der Waals surface area contributed by atoms with Crippen molar-refractivity contribution in [2.24, 2.45) is 5.41 Å². The number of allylic oxidation sites excluding steroid dienone is 1. The van der Waals surface area contributed by atoms with Crippen LogP contribution in [0.25, 0.3) is 0 Å². The first-order valence-electron chi connectivity index (χ1n) is 6.32. The number of esters is 1. The van der Waals surface area contributed by atoms with E-state index in [2.05, 4.69) is 13.8 Å². The average molecular weight is 224 g/mol. The van der Waals surface area contributed by atoms with E-state index in [9.17, 15) is 4.79 Å². The predicted octanol–water partition coefficient (Wildman–Crippen LogP) is 3.86. The van der Waals surface area contributed by atoms with E-state index < -0.39 is 0 Å². The third-order valence-corrected chi connectivity index (χ3v) is 3.55. The maximum Gasteiger partial charge on any atom is 0.333 e. The Balaban J connectivity index is 2.72. The van der Waals surface area contributed by atoms with E-state index in [0.717, 1.165) is 18.4 Å². The minimum Gasteiger partial charge on any atom is -0.463 e. The first kappa shape index (κ1) is 13.3. The molecule has 1 aliphatic rings. The quantitative estimate of drug-likeness (QED) is 0.404. The van der Waals surface area contributed by atoms with Crippen molar-refractivity contribution in [2.75, 3.05) is 6.61 Å². The van der Waals surface area contributed by atoms with Gasteiger partial charge in [0, 0.05) is 5.57 Å². The van der Waals surface area contributed by atoms with Crippen LogP contribution in [0.5, 0.6) is 0 Å². The number of hydrogen-bond donors (Lipinski definition) is 0. The van der Waals surface area contributed by atoms with Gasteiger partial charge < -0.3 is 4.74 Å². The maximum absolute atomic E-state index is 11.6. The van der Waals surface area contributed by atoms with E-state index in [-0.39, 0.29) is 5.97 Å². The molecule has 0 spiro atoms. The van der Waals surface area contributed by atoms with E-state index >= 15 is 0 Å². The zero-order chi connectivity index (χ0) is 12.2. The summed E-state index contributed by atoms with van der Waals surface area (Å²) in [5.41, 5.74) is 2.58. The lowest BCUT2D eigenvalue weighted by molar-refractivity contribution is -0.138. The molecule has 0 aliphatic heterocycles. The van der Waals surface area contributed by atoms with Gasteiger partial charge in [-0.15, -0.1) is 0 Å². The summed E-state index contributed by atoms with van der Waals surface area (Å²) in [6, 6.07) is 0. The maximum atomic E-state index is 11.6. The minimum absolute atomic E-state index is 0.128. The number of hydrogen-bond acceptors (Lipinski definition) is 2. The molecule has 0 bridgehead atoms. The van der Waals surface area contributed by atoms with Gasteiger partial charge in [-0.1, -0.05) is 19.4 Å². The summed E-state index contributed by atoms with van der Waals surface area (Å²) < 4.78 is 5.05. The monoisotopic (exact) mass is 224 g/mol. The average Bonchev–Trinajstić information content (AvgIpc) is 2.39. The van der Waals surface area contributed by atoms with Crippen LogP contribution in [0.1, 0.15) is 59.8 Å². The second-order valence-corrected chi connectivity index (χ2v) is 5.47. The highest BCUT2D eigenvalue weighted by Gasteiger charge is 2.23. The van der Waals surface area contributed by atoms with Crippen LogP contribution in [0.2, 0.25) is 0 Å². The molecule has 2 nitrogen and oxygen atoms in total. The van der Waals surface area contributed by atoms with Crippen LogP contribution in [0.15, 0.2) is 11.1 Å². The summed E-state index contributed by atoms with van der Waals surface area (Å²) in [4.78, 5) is 11.6. The van der Waals surface area contributed by atoms with Crippen LogP contribution in [0, 0.1) is 5.41 Å². The molecule has 0 aromatic heterocycles. The van der Waals surface area contributed by atoms with Crippen molar-refractivity contribution in [1.29, 1.82) is 0 Å². The molecule has 0 heterocycles. The predicted molar refractivity (Wildman–Crippen MR) is 66.2 cm³/mol. The zero-order valence-electron chi connectivity index (χ0n) is 11.1. The summed E-state index contributed by atoms with van der Waals surface area (Å²) in [6.07, 6.45) is 5.75. The van der Waals surface area contributed by atoms with Gasteiger partial charge in [0.05, 0.1) is 6.61 Å². The standard InChI is InChI=1S/C14H24O2/c1-5-16-13(15)11(2)12-7-6-9-14(3,4)10-8-12/h5-10H2,1-4H3. The van der Waals surface area contributed by atoms with Gasteiger partial charge in [0.1, 0.15) is 0 Å². The van der Waals surface area contributed by atoms with Crippen LogP contribution in [0.4, 0.5) is 0 Å². The van der Waals surface area contributed by atoms with Crippen LogP contribution in [-0.2, 0) is 9.53 Å². The molecule has 0 atom stereocenters. The van der Waals surface area contributed by atoms with Gasteiger partial charge in [-0.05, 0) is 51.4 Å². The smallest absolute Gasteiger partial charge is 0.333 e. The molecule has 0 aromatic rings. The number of rotatable bonds is 2. The molecule has 2 heteroatoms. The lowest BCUT2D eigenvalue weighted by Crippen LogP contribution is -2.09.